The van der Waals surface area contributed by atoms with Crippen LogP contribution in [0.25, 0.3) is 10.1 Å². The van der Waals surface area contributed by atoms with Crippen molar-refractivity contribution in [1.29, 1.82) is 0 Å². The fourth-order valence-electron chi connectivity index (χ4n) is 2.80. The summed E-state index contributed by atoms with van der Waals surface area (Å²) in [6.45, 7) is 2.14. The van der Waals surface area contributed by atoms with Crippen molar-refractivity contribution in [3.63, 3.8) is 0 Å². The van der Waals surface area contributed by atoms with Gasteiger partial charge in [-0.05, 0) is 59.6 Å². The smallest absolute Gasteiger partial charge is 0.119 e. The van der Waals surface area contributed by atoms with Crippen molar-refractivity contribution in [2.45, 2.75) is 13.0 Å². The van der Waals surface area contributed by atoms with E-state index in [1.54, 1.807) is 18.4 Å². The molecule has 21 heavy (non-hydrogen) atoms. The Morgan fingerprint density at radius 3 is 2.62 bits per heavy atom. The van der Waals surface area contributed by atoms with Gasteiger partial charge in [-0.25, -0.2) is 0 Å². The molecule has 0 bridgehead atoms. The van der Waals surface area contributed by atoms with Crippen LogP contribution in [0.1, 0.15) is 22.7 Å². The van der Waals surface area contributed by atoms with Gasteiger partial charge in [0.15, 0.2) is 0 Å². The van der Waals surface area contributed by atoms with E-state index in [0.29, 0.717) is 0 Å². The minimum atomic E-state index is 0.201. The molecular formula is C18H19NOS. The van der Waals surface area contributed by atoms with E-state index in [0.717, 1.165) is 5.75 Å². The predicted octanol–water partition coefficient (Wildman–Crippen LogP) is 4.53. The zero-order valence-corrected chi connectivity index (χ0v) is 13.3. The number of ether oxygens (including phenoxy) is 1. The molecule has 1 atom stereocenters. The number of hydrogen-bond acceptors (Lipinski definition) is 3. The second-order valence-electron chi connectivity index (χ2n) is 5.13. The zero-order valence-electron chi connectivity index (χ0n) is 12.5. The quantitative estimate of drug-likeness (QED) is 0.764. The number of thiophene rings is 1. The van der Waals surface area contributed by atoms with Gasteiger partial charge in [0.25, 0.3) is 0 Å². The van der Waals surface area contributed by atoms with Gasteiger partial charge >= 0.3 is 0 Å². The third-order valence-corrected chi connectivity index (χ3v) is 4.88. The Morgan fingerprint density at radius 2 is 1.90 bits per heavy atom. The summed E-state index contributed by atoms with van der Waals surface area (Å²) < 4.78 is 6.64. The van der Waals surface area contributed by atoms with E-state index in [9.17, 15) is 0 Å². The lowest BCUT2D eigenvalue weighted by molar-refractivity contribution is 0.414. The molecule has 0 aliphatic heterocycles. The molecule has 2 aromatic carbocycles. The predicted molar refractivity (Wildman–Crippen MR) is 90.5 cm³/mol. The Bertz CT molecular complexity index is 763. The second kappa shape index (κ2) is 5.88. The van der Waals surface area contributed by atoms with Gasteiger partial charge < -0.3 is 10.1 Å². The molecule has 0 radical (unpaired) electrons. The van der Waals surface area contributed by atoms with Crippen molar-refractivity contribution < 1.29 is 4.74 Å². The summed E-state index contributed by atoms with van der Waals surface area (Å²) in [5.74, 6) is 0.904. The summed E-state index contributed by atoms with van der Waals surface area (Å²) in [5.41, 5.74) is 3.87. The highest BCUT2D eigenvalue weighted by atomic mass is 32.1. The van der Waals surface area contributed by atoms with Crippen molar-refractivity contribution in [1.82, 2.24) is 5.32 Å². The molecule has 0 aliphatic carbocycles. The molecule has 1 unspecified atom stereocenters. The highest BCUT2D eigenvalue weighted by Crippen LogP contribution is 2.35. The molecule has 3 rings (SSSR count). The molecular weight excluding hydrogens is 278 g/mol. The Balaban J connectivity index is 2.10. The molecule has 1 heterocycles. The lowest BCUT2D eigenvalue weighted by Crippen LogP contribution is -2.18. The van der Waals surface area contributed by atoms with Crippen molar-refractivity contribution in [2.24, 2.45) is 0 Å². The monoisotopic (exact) mass is 297 g/mol. The van der Waals surface area contributed by atoms with Crippen molar-refractivity contribution >= 4 is 21.4 Å². The average Bonchev–Trinajstić information content (AvgIpc) is 2.94. The number of hydrogen-bond donors (Lipinski definition) is 1. The molecule has 108 valence electrons. The first-order valence-electron chi connectivity index (χ1n) is 7.02. The van der Waals surface area contributed by atoms with Crippen LogP contribution < -0.4 is 10.1 Å². The third-order valence-electron chi connectivity index (χ3n) is 3.90. The van der Waals surface area contributed by atoms with Gasteiger partial charge in [0.2, 0.25) is 0 Å². The molecule has 1 N–H and O–H groups in total. The number of methoxy groups -OCH3 is 1. The van der Waals surface area contributed by atoms with Gasteiger partial charge in [-0.15, -0.1) is 11.3 Å². The second-order valence-corrected chi connectivity index (χ2v) is 6.04. The maximum Gasteiger partial charge on any atom is 0.119 e. The van der Waals surface area contributed by atoms with Crippen LogP contribution in [-0.2, 0) is 0 Å². The molecule has 0 fully saturated rings. The maximum atomic E-state index is 5.31. The SMILES string of the molecule is CNC(c1ccc(OC)cc1C)c1csc2ccccc12. The van der Waals surface area contributed by atoms with Crippen LogP contribution in [-0.4, -0.2) is 14.2 Å². The molecule has 0 aliphatic rings. The lowest BCUT2D eigenvalue weighted by atomic mass is 9.94. The number of aryl methyl sites for hydroxylation is 1. The topological polar surface area (TPSA) is 21.3 Å². The van der Waals surface area contributed by atoms with Crippen molar-refractivity contribution in [2.75, 3.05) is 14.2 Å². The van der Waals surface area contributed by atoms with E-state index in [-0.39, 0.29) is 6.04 Å². The van der Waals surface area contributed by atoms with Crippen LogP contribution in [0, 0.1) is 6.92 Å². The van der Waals surface area contributed by atoms with Gasteiger partial charge in [0.05, 0.1) is 13.2 Å². The number of rotatable bonds is 4. The molecule has 3 aromatic rings. The Labute approximate surface area is 129 Å². The van der Waals surface area contributed by atoms with Crippen LogP contribution in [0.4, 0.5) is 0 Å². The number of benzene rings is 2. The molecule has 2 nitrogen and oxygen atoms in total. The van der Waals surface area contributed by atoms with Gasteiger partial charge in [-0.3, -0.25) is 0 Å². The van der Waals surface area contributed by atoms with E-state index in [1.165, 1.54) is 26.8 Å². The summed E-state index contributed by atoms with van der Waals surface area (Å²) in [6.07, 6.45) is 0. The maximum absolute atomic E-state index is 5.31. The summed E-state index contributed by atoms with van der Waals surface area (Å²) in [5, 5.41) is 7.05. The zero-order chi connectivity index (χ0) is 14.8. The largest absolute Gasteiger partial charge is 0.497 e. The third kappa shape index (κ3) is 2.55. The van der Waals surface area contributed by atoms with E-state index < -0.39 is 0 Å². The van der Waals surface area contributed by atoms with Crippen LogP contribution in [0.2, 0.25) is 0 Å². The Kier molecular flexibility index (Phi) is 3.95. The van der Waals surface area contributed by atoms with Crippen LogP contribution in [0.3, 0.4) is 0 Å². The fraction of sp³-hybridized carbons (Fsp3) is 0.222. The molecule has 0 spiro atoms. The molecule has 0 saturated heterocycles. The minimum Gasteiger partial charge on any atom is -0.497 e. The van der Waals surface area contributed by atoms with Gasteiger partial charge in [0, 0.05) is 4.70 Å². The van der Waals surface area contributed by atoms with Crippen LogP contribution >= 0.6 is 11.3 Å². The number of fused-ring (bicyclic) bond motifs is 1. The molecule has 0 saturated carbocycles. The van der Waals surface area contributed by atoms with Crippen LogP contribution in [0.15, 0.2) is 47.8 Å². The molecule has 3 heteroatoms. The summed E-state index contributed by atoms with van der Waals surface area (Å²) in [6, 6.07) is 15.0. The molecule has 1 aromatic heterocycles. The normalized spacial score (nSPS) is 12.5. The van der Waals surface area contributed by atoms with Crippen LogP contribution in [0.5, 0.6) is 5.75 Å². The molecule has 0 amide bonds. The first-order valence-corrected chi connectivity index (χ1v) is 7.90. The van der Waals surface area contributed by atoms with Gasteiger partial charge in [-0.2, -0.15) is 0 Å². The minimum absolute atomic E-state index is 0.201. The van der Waals surface area contributed by atoms with Gasteiger partial charge in [0.1, 0.15) is 5.75 Å². The number of nitrogens with one attached hydrogen (secondary N) is 1. The summed E-state index contributed by atoms with van der Waals surface area (Å²) >= 11 is 1.80. The first-order chi connectivity index (χ1) is 10.2. The van der Waals surface area contributed by atoms with E-state index in [2.05, 4.69) is 54.0 Å². The fourth-order valence-corrected chi connectivity index (χ4v) is 3.79. The Hall–Kier alpha value is -1.84. The highest BCUT2D eigenvalue weighted by molar-refractivity contribution is 7.17. The Morgan fingerprint density at radius 1 is 1.10 bits per heavy atom. The highest BCUT2D eigenvalue weighted by Gasteiger charge is 2.18. The van der Waals surface area contributed by atoms with Crippen molar-refractivity contribution in [3.05, 3.63) is 64.5 Å². The van der Waals surface area contributed by atoms with E-state index in [4.69, 9.17) is 4.74 Å². The van der Waals surface area contributed by atoms with E-state index in [1.807, 2.05) is 13.1 Å². The van der Waals surface area contributed by atoms with E-state index >= 15 is 0 Å². The summed E-state index contributed by atoms with van der Waals surface area (Å²) in [7, 11) is 3.72. The van der Waals surface area contributed by atoms with Crippen molar-refractivity contribution in [3.8, 4) is 5.75 Å². The standard InChI is InChI=1S/C18H19NOS/c1-12-10-13(20-3)8-9-14(12)18(19-2)16-11-21-17-7-5-4-6-15(16)17/h4-11,18-19H,1-3H3. The average molecular weight is 297 g/mol. The first kappa shape index (κ1) is 14.1. The summed E-state index contributed by atoms with van der Waals surface area (Å²) in [4.78, 5) is 0. The lowest BCUT2D eigenvalue weighted by Gasteiger charge is -2.19. The van der Waals surface area contributed by atoms with Gasteiger partial charge in [-0.1, -0.05) is 24.3 Å².